The van der Waals surface area contributed by atoms with Crippen LogP contribution in [0.15, 0.2) is 29.3 Å². The molecule has 1 aliphatic rings. The van der Waals surface area contributed by atoms with E-state index in [0.717, 1.165) is 64.2 Å². The summed E-state index contributed by atoms with van der Waals surface area (Å²) >= 11 is 2.86. The van der Waals surface area contributed by atoms with Gasteiger partial charge in [0.05, 0.1) is 22.2 Å². The third-order valence-electron chi connectivity index (χ3n) is 6.25. The maximum absolute atomic E-state index is 13.2. The molecular weight excluding hydrogens is 470 g/mol. The van der Waals surface area contributed by atoms with E-state index >= 15 is 0 Å². The van der Waals surface area contributed by atoms with Crippen LogP contribution in [-0.4, -0.2) is 52.6 Å². The van der Waals surface area contributed by atoms with Crippen LogP contribution in [-0.2, 0) is 22.4 Å². The first-order valence-corrected chi connectivity index (χ1v) is 13.1. The zero-order valence-electron chi connectivity index (χ0n) is 19.2. The van der Waals surface area contributed by atoms with Crippen LogP contribution < -0.4 is 10.2 Å². The first-order chi connectivity index (χ1) is 16.6. The summed E-state index contributed by atoms with van der Waals surface area (Å²) in [5.74, 6) is 0.986. The van der Waals surface area contributed by atoms with Crippen LogP contribution in [0.3, 0.4) is 0 Å². The number of fused-ring (bicyclic) bond motifs is 4. The molecule has 1 aromatic carbocycles. The summed E-state index contributed by atoms with van der Waals surface area (Å²) < 4.78 is 6.11. The molecule has 0 bridgehead atoms. The number of nitrogens with one attached hydrogen (secondary N) is 2. The standard InChI is InChI=1S/C24H27N5O3S2/c1-3-8-29(9-10-32-2)23(30)14-4-6-16-18(11-14)33-22-20(16)21(25-13-26-22)27-15-5-7-17-19(12-15)34-24(31)28-17/h5,7,12-14H,3-4,6,8-11H2,1-2H3,(H,28,31)(H,25,26,27)/t14-/m1/s1. The number of anilines is 2. The molecular formula is C24H27N5O3S2. The molecule has 178 valence electrons. The third-order valence-corrected chi connectivity index (χ3v) is 8.26. The van der Waals surface area contributed by atoms with Crippen molar-refractivity contribution in [3.8, 4) is 0 Å². The lowest BCUT2D eigenvalue weighted by Gasteiger charge is -2.29. The molecule has 10 heteroatoms. The number of amides is 1. The number of thiazole rings is 1. The number of hydrogen-bond acceptors (Lipinski definition) is 8. The first-order valence-electron chi connectivity index (χ1n) is 11.5. The van der Waals surface area contributed by atoms with Crippen LogP contribution in [0.4, 0.5) is 11.5 Å². The number of hydrogen-bond donors (Lipinski definition) is 2. The van der Waals surface area contributed by atoms with Crippen molar-refractivity contribution in [3.63, 3.8) is 0 Å². The van der Waals surface area contributed by atoms with E-state index in [-0.39, 0.29) is 16.7 Å². The lowest BCUT2D eigenvalue weighted by atomic mass is 9.86. The van der Waals surface area contributed by atoms with E-state index in [1.807, 2.05) is 23.1 Å². The van der Waals surface area contributed by atoms with Gasteiger partial charge >= 0.3 is 4.87 Å². The number of carbonyl (C=O) groups excluding carboxylic acids is 1. The molecule has 0 fully saturated rings. The summed E-state index contributed by atoms with van der Waals surface area (Å²) in [7, 11) is 1.67. The van der Waals surface area contributed by atoms with Gasteiger partial charge in [0, 0.05) is 36.7 Å². The number of thiophene rings is 1. The second-order valence-electron chi connectivity index (χ2n) is 8.51. The van der Waals surface area contributed by atoms with Gasteiger partial charge in [0.15, 0.2) is 0 Å². The van der Waals surface area contributed by atoms with Gasteiger partial charge in [0.1, 0.15) is 17.0 Å². The fourth-order valence-electron chi connectivity index (χ4n) is 4.64. The lowest BCUT2D eigenvalue weighted by molar-refractivity contribution is -0.136. The van der Waals surface area contributed by atoms with E-state index in [4.69, 9.17) is 4.74 Å². The van der Waals surface area contributed by atoms with Crippen molar-refractivity contribution in [2.45, 2.75) is 32.6 Å². The van der Waals surface area contributed by atoms with Crippen molar-refractivity contribution in [3.05, 3.63) is 44.6 Å². The molecule has 2 N–H and O–H groups in total. The van der Waals surface area contributed by atoms with Gasteiger partial charge < -0.3 is 19.9 Å². The Morgan fingerprint density at radius 2 is 2.18 bits per heavy atom. The largest absolute Gasteiger partial charge is 0.383 e. The van der Waals surface area contributed by atoms with E-state index in [9.17, 15) is 9.59 Å². The highest BCUT2D eigenvalue weighted by atomic mass is 32.1. The minimum Gasteiger partial charge on any atom is -0.383 e. The van der Waals surface area contributed by atoms with E-state index in [0.29, 0.717) is 13.2 Å². The zero-order chi connectivity index (χ0) is 23.7. The molecule has 0 radical (unpaired) electrons. The summed E-state index contributed by atoms with van der Waals surface area (Å²) in [6.07, 6.45) is 4.91. The van der Waals surface area contributed by atoms with Crippen LogP contribution >= 0.6 is 22.7 Å². The van der Waals surface area contributed by atoms with Gasteiger partial charge in [-0.25, -0.2) is 9.97 Å². The monoisotopic (exact) mass is 497 g/mol. The number of benzene rings is 1. The van der Waals surface area contributed by atoms with Crippen molar-refractivity contribution in [1.29, 1.82) is 0 Å². The number of aryl methyl sites for hydroxylation is 1. The lowest BCUT2D eigenvalue weighted by Crippen LogP contribution is -2.40. The average molecular weight is 498 g/mol. The molecule has 3 heterocycles. The van der Waals surface area contributed by atoms with Crippen LogP contribution in [0.5, 0.6) is 0 Å². The van der Waals surface area contributed by atoms with Crippen LogP contribution in [0.1, 0.15) is 30.2 Å². The van der Waals surface area contributed by atoms with Crippen molar-refractivity contribution >= 4 is 60.5 Å². The smallest absolute Gasteiger partial charge is 0.305 e. The van der Waals surface area contributed by atoms with Gasteiger partial charge in [0.2, 0.25) is 5.91 Å². The Bertz CT molecular complexity index is 1390. The Balaban J connectivity index is 1.41. The Labute approximate surface area is 205 Å². The molecule has 0 unspecified atom stereocenters. The second-order valence-corrected chi connectivity index (χ2v) is 10.6. The molecule has 4 aromatic rings. The SMILES string of the molecule is CCCN(CCOC)C(=O)[C@@H]1CCc2c(sc3ncnc(Nc4ccc5[nH]c(=O)sc5c4)c23)C1. The van der Waals surface area contributed by atoms with Gasteiger partial charge in [-0.3, -0.25) is 9.59 Å². The first kappa shape index (κ1) is 22.9. The van der Waals surface area contributed by atoms with E-state index in [1.54, 1.807) is 24.8 Å². The molecule has 3 aromatic heterocycles. The van der Waals surface area contributed by atoms with Gasteiger partial charge in [-0.15, -0.1) is 11.3 Å². The molecule has 0 saturated carbocycles. The summed E-state index contributed by atoms with van der Waals surface area (Å²) in [4.78, 5) is 40.8. The van der Waals surface area contributed by atoms with Gasteiger partial charge in [-0.05, 0) is 49.4 Å². The molecule has 5 rings (SSSR count). The Hall–Kier alpha value is -2.82. The predicted molar refractivity (Wildman–Crippen MR) is 137 cm³/mol. The summed E-state index contributed by atoms with van der Waals surface area (Å²) in [5.41, 5.74) is 2.96. The highest BCUT2D eigenvalue weighted by molar-refractivity contribution is 7.19. The molecule has 1 aliphatic carbocycles. The molecule has 0 saturated heterocycles. The van der Waals surface area contributed by atoms with Gasteiger partial charge in [0.25, 0.3) is 0 Å². The minimum atomic E-state index is -0.0627. The molecule has 1 amide bonds. The number of aromatic nitrogens is 3. The fraction of sp³-hybridized carbons (Fsp3) is 0.417. The molecule has 8 nitrogen and oxygen atoms in total. The van der Waals surface area contributed by atoms with Crippen molar-refractivity contribution < 1.29 is 9.53 Å². The number of methoxy groups -OCH3 is 1. The Morgan fingerprint density at radius 1 is 1.29 bits per heavy atom. The number of nitrogens with zero attached hydrogens (tertiary/aromatic N) is 3. The number of rotatable bonds is 8. The fourth-order valence-corrected chi connectivity index (χ4v) is 6.68. The third kappa shape index (κ3) is 4.45. The van der Waals surface area contributed by atoms with Crippen molar-refractivity contribution in [2.75, 3.05) is 32.1 Å². The van der Waals surface area contributed by atoms with Crippen LogP contribution in [0.25, 0.3) is 20.4 Å². The quantitative estimate of drug-likeness (QED) is 0.376. The van der Waals surface area contributed by atoms with Crippen molar-refractivity contribution in [1.82, 2.24) is 19.9 Å². The normalized spacial score (nSPS) is 15.5. The maximum atomic E-state index is 13.2. The Morgan fingerprint density at radius 3 is 3.00 bits per heavy atom. The molecule has 1 atom stereocenters. The summed E-state index contributed by atoms with van der Waals surface area (Å²) in [6, 6.07) is 5.80. The predicted octanol–water partition coefficient (Wildman–Crippen LogP) is 4.33. The highest BCUT2D eigenvalue weighted by Crippen LogP contribution is 2.41. The molecule has 34 heavy (non-hydrogen) atoms. The van der Waals surface area contributed by atoms with E-state index in [1.165, 1.54) is 21.8 Å². The number of aromatic amines is 1. The number of carbonyl (C=O) groups is 1. The maximum Gasteiger partial charge on any atom is 0.305 e. The van der Waals surface area contributed by atoms with Crippen LogP contribution in [0, 0.1) is 5.92 Å². The van der Waals surface area contributed by atoms with Crippen molar-refractivity contribution in [2.24, 2.45) is 5.92 Å². The minimum absolute atomic E-state index is 0.00731. The number of ether oxygens (including phenoxy) is 1. The summed E-state index contributed by atoms with van der Waals surface area (Å²) in [6.45, 7) is 4.05. The zero-order valence-corrected chi connectivity index (χ0v) is 20.9. The van der Waals surface area contributed by atoms with Gasteiger partial charge in [-0.2, -0.15) is 0 Å². The molecule has 0 aliphatic heterocycles. The van der Waals surface area contributed by atoms with Gasteiger partial charge in [-0.1, -0.05) is 18.3 Å². The topological polar surface area (TPSA) is 100 Å². The summed E-state index contributed by atoms with van der Waals surface area (Å²) in [5, 5.41) is 4.48. The average Bonchev–Trinajstić information content (AvgIpc) is 3.40. The Kier molecular flexibility index (Phi) is 6.62. The number of H-pyrrole nitrogens is 1. The molecule has 0 spiro atoms. The second kappa shape index (κ2) is 9.81. The van der Waals surface area contributed by atoms with E-state index in [2.05, 4.69) is 27.2 Å². The highest BCUT2D eigenvalue weighted by Gasteiger charge is 2.31. The van der Waals surface area contributed by atoms with E-state index < -0.39 is 0 Å². The van der Waals surface area contributed by atoms with Crippen LogP contribution in [0.2, 0.25) is 0 Å².